The average Bonchev–Trinajstić information content (AvgIpc) is 2.77. The van der Waals surface area contributed by atoms with Gasteiger partial charge in [0.2, 0.25) is 5.88 Å². The van der Waals surface area contributed by atoms with E-state index in [0.717, 1.165) is 10.0 Å². The Hall–Kier alpha value is -3.44. The highest BCUT2D eigenvalue weighted by molar-refractivity contribution is 9.10. The van der Waals surface area contributed by atoms with Gasteiger partial charge in [0, 0.05) is 10.0 Å². The van der Waals surface area contributed by atoms with Gasteiger partial charge in [-0.3, -0.25) is 0 Å². The summed E-state index contributed by atoms with van der Waals surface area (Å²) in [5.74, 6) is 0.271. The Kier molecular flexibility index (Phi) is 7.44. The number of nitrogens with zero attached hydrogens (tertiary/aromatic N) is 1. The number of carbonyl (C=O) groups is 1. The van der Waals surface area contributed by atoms with Gasteiger partial charge in [0.15, 0.2) is 0 Å². The molecule has 1 unspecified atom stereocenters. The Bertz CT molecular complexity index is 1130. The van der Waals surface area contributed by atoms with Gasteiger partial charge in [-0.25, -0.2) is 4.79 Å². The zero-order valence-electron chi connectivity index (χ0n) is 18.0. The molecule has 8 heteroatoms. The third-order valence-electron chi connectivity index (χ3n) is 4.93. The molecule has 0 saturated heterocycles. The lowest BCUT2D eigenvalue weighted by molar-refractivity contribution is -0.139. The number of esters is 1. The van der Waals surface area contributed by atoms with Crippen LogP contribution in [0.5, 0.6) is 11.5 Å². The van der Waals surface area contributed by atoms with E-state index in [2.05, 4.69) is 22.0 Å². The summed E-state index contributed by atoms with van der Waals surface area (Å²) in [4.78, 5) is 12.7. The molecule has 0 spiro atoms. The van der Waals surface area contributed by atoms with E-state index in [9.17, 15) is 10.1 Å². The summed E-state index contributed by atoms with van der Waals surface area (Å²) in [6.07, 6.45) is 0. The summed E-state index contributed by atoms with van der Waals surface area (Å²) in [5.41, 5.74) is 7.77. The number of halogens is 1. The van der Waals surface area contributed by atoms with Crippen LogP contribution in [0.15, 0.2) is 69.7 Å². The zero-order valence-corrected chi connectivity index (χ0v) is 19.6. The lowest BCUT2D eigenvalue weighted by Gasteiger charge is -2.27. The van der Waals surface area contributed by atoms with Crippen molar-refractivity contribution in [3.8, 4) is 17.6 Å². The Balaban J connectivity index is 2.03. The first-order valence-corrected chi connectivity index (χ1v) is 10.7. The molecule has 3 rings (SSSR count). The van der Waals surface area contributed by atoms with E-state index in [1.807, 2.05) is 30.3 Å². The molecule has 0 aromatic heterocycles. The van der Waals surface area contributed by atoms with E-state index >= 15 is 0 Å². The highest BCUT2D eigenvalue weighted by Crippen LogP contribution is 2.40. The van der Waals surface area contributed by atoms with Gasteiger partial charge in [-0.15, -0.1) is 0 Å². The first-order valence-electron chi connectivity index (χ1n) is 9.90. The number of allylic oxidation sites excluding steroid dienone is 2. The van der Waals surface area contributed by atoms with E-state index in [-0.39, 0.29) is 30.2 Å². The van der Waals surface area contributed by atoms with Gasteiger partial charge >= 0.3 is 5.97 Å². The SMILES string of the molecule is CCOC(=O)C1=C(C)OC(N)=C(C#N)C1c1ccc(OC)c(COc2cccc(Br)c2)c1. The van der Waals surface area contributed by atoms with E-state index in [4.69, 9.17) is 24.7 Å². The zero-order chi connectivity index (χ0) is 23.3. The summed E-state index contributed by atoms with van der Waals surface area (Å²) >= 11 is 3.43. The maximum atomic E-state index is 12.7. The molecule has 1 atom stereocenters. The highest BCUT2D eigenvalue weighted by Gasteiger charge is 2.36. The molecule has 7 nitrogen and oxygen atoms in total. The predicted molar refractivity (Wildman–Crippen MR) is 121 cm³/mol. The summed E-state index contributed by atoms with van der Waals surface area (Å²) in [6.45, 7) is 3.75. The summed E-state index contributed by atoms with van der Waals surface area (Å²) < 4.78 is 23.0. The van der Waals surface area contributed by atoms with Crippen LogP contribution in [0.2, 0.25) is 0 Å². The molecule has 1 aliphatic heterocycles. The van der Waals surface area contributed by atoms with Gasteiger partial charge in [-0.2, -0.15) is 5.26 Å². The standard InChI is InChI=1S/C24H23BrN2O5/c1-4-30-24(28)21-14(2)32-23(27)19(12-26)22(21)15-8-9-20(29-3)16(10-15)13-31-18-7-5-6-17(25)11-18/h5-11,22H,4,13,27H2,1-3H3. The van der Waals surface area contributed by atoms with Crippen LogP contribution in [-0.2, 0) is 20.9 Å². The van der Waals surface area contributed by atoms with Crippen molar-refractivity contribution in [1.82, 2.24) is 0 Å². The smallest absolute Gasteiger partial charge is 0.338 e. The third-order valence-corrected chi connectivity index (χ3v) is 5.42. The van der Waals surface area contributed by atoms with Crippen molar-refractivity contribution < 1.29 is 23.7 Å². The second-order valence-corrected chi connectivity index (χ2v) is 7.85. The van der Waals surface area contributed by atoms with Gasteiger partial charge in [0.05, 0.1) is 25.2 Å². The van der Waals surface area contributed by atoms with Crippen molar-refractivity contribution in [2.45, 2.75) is 26.4 Å². The minimum Gasteiger partial charge on any atom is -0.496 e. The molecule has 32 heavy (non-hydrogen) atoms. The molecule has 166 valence electrons. The number of rotatable bonds is 7. The molecule has 0 fully saturated rings. The van der Waals surface area contributed by atoms with E-state index in [0.29, 0.717) is 22.8 Å². The minimum atomic E-state index is -0.733. The fraction of sp³-hybridized carbons (Fsp3) is 0.250. The highest BCUT2D eigenvalue weighted by atomic mass is 79.9. The Morgan fingerprint density at radius 2 is 2.06 bits per heavy atom. The molecule has 2 aromatic carbocycles. The van der Waals surface area contributed by atoms with Crippen molar-refractivity contribution in [3.05, 3.63) is 80.9 Å². The second kappa shape index (κ2) is 10.2. The van der Waals surface area contributed by atoms with Crippen LogP contribution in [0.3, 0.4) is 0 Å². The van der Waals surface area contributed by atoms with Crippen LogP contribution in [0.4, 0.5) is 0 Å². The lowest BCUT2D eigenvalue weighted by Crippen LogP contribution is -2.25. The third kappa shape index (κ3) is 4.89. The number of nitriles is 1. The number of methoxy groups -OCH3 is 1. The van der Waals surface area contributed by atoms with Gasteiger partial charge in [0.1, 0.15) is 35.5 Å². The van der Waals surface area contributed by atoms with Crippen molar-refractivity contribution in [2.24, 2.45) is 5.73 Å². The second-order valence-electron chi connectivity index (χ2n) is 6.93. The Morgan fingerprint density at radius 1 is 1.28 bits per heavy atom. The molecule has 0 bridgehead atoms. The maximum absolute atomic E-state index is 12.7. The molecule has 0 amide bonds. The van der Waals surface area contributed by atoms with Crippen molar-refractivity contribution >= 4 is 21.9 Å². The quantitative estimate of drug-likeness (QED) is 0.552. The van der Waals surface area contributed by atoms with Crippen LogP contribution < -0.4 is 15.2 Å². The minimum absolute atomic E-state index is 0.0363. The number of hydrogen-bond acceptors (Lipinski definition) is 7. The van der Waals surface area contributed by atoms with Crippen molar-refractivity contribution in [2.75, 3.05) is 13.7 Å². The maximum Gasteiger partial charge on any atom is 0.338 e. The molecular formula is C24H23BrN2O5. The van der Waals surface area contributed by atoms with E-state index < -0.39 is 11.9 Å². The van der Waals surface area contributed by atoms with Crippen LogP contribution in [0.1, 0.15) is 30.9 Å². The molecule has 1 aliphatic rings. The molecular weight excluding hydrogens is 476 g/mol. The van der Waals surface area contributed by atoms with E-state index in [1.54, 1.807) is 33.1 Å². The molecule has 0 saturated carbocycles. The van der Waals surface area contributed by atoms with Crippen molar-refractivity contribution in [1.29, 1.82) is 5.26 Å². The van der Waals surface area contributed by atoms with Gasteiger partial charge in [-0.05, 0) is 49.7 Å². The first-order chi connectivity index (χ1) is 15.4. The van der Waals surface area contributed by atoms with Crippen molar-refractivity contribution in [3.63, 3.8) is 0 Å². The fourth-order valence-corrected chi connectivity index (χ4v) is 3.88. The van der Waals surface area contributed by atoms with Gasteiger partial charge < -0.3 is 24.7 Å². The molecule has 2 N–H and O–H groups in total. The van der Waals surface area contributed by atoms with Gasteiger partial charge in [0.25, 0.3) is 0 Å². The molecule has 0 radical (unpaired) electrons. The van der Waals surface area contributed by atoms with Crippen LogP contribution in [0, 0.1) is 11.3 Å². The number of nitrogens with two attached hydrogens (primary N) is 1. The average molecular weight is 499 g/mol. The fourth-order valence-electron chi connectivity index (χ4n) is 3.50. The number of benzene rings is 2. The van der Waals surface area contributed by atoms with Crippen LogP contribution in [0.25, 0.3) is 0 Å². The number of ether oxygens (including phenoxy) is 4. The predicted octanol–water partition coefficient (Wildman–Crippen LogP) is 4.68. The Morgan fingerprint density at radius 3 is 2.72 bits per heavy atom. The molecule has 1 heterocycles. The monoisotopic (exact) mass is 498 g/mol. The number of carbonyl (C=O) groups excluding carboxylic acids is 1. The summed E-state index contributed by atoms with van der Waals surface area (Å²) in [5, 5.41) is 9.76. The summed E-state index contributed by atoms with van der Waals surface area (Å²) in [7, 11) is 1.57. The molecule has 2 aromatic rings. The first kappa shape index (κ1) is 23.2. The van der Waals surface area contributed by atoms with E-state index in [1.165, 1.54) is 0 Å². The van der Waals surface area contributed by atoms with Gasteiger partial charge in [-0.1, -0.05) is 28.1 Å². The number of hydrogen-bond donors (Lipinski definition) is 1. The van der Waals surface area contributed by atoms with Crippen LogP contribution in [-0.4, -0.2) is 19.7 Å². The van der Waals surface area contributed by atoms with Crippen LogP contribution >= 0.6 is 15.9 Å². The Labute approximate surface area is 195 Å². The lowest BCUT2D eigenvalue weighted by atomic mass is 9.82. The summed E-state index contributed by atoms with van der Waals surface area (Å²) in [6, 6.07) is 15.0. The topological polar surface area (TPSA) is 104 Å². The molecule has 0 aliphatic carbocycles. The normalized spacial score (nSPS) is 15.7. The largest absolute Gasteiger partial charge is 0.496 e.